The van der Waals surface area contributed by atoms with Gasteiger partial charge in [-0.15, -0.1) is 0 Å². The summed E-state index contributed by atoms with van der Waals surface area (Å²) in [6.07, 6.45) is 13.9. The van der Waals surface area contributed by atoms with Gasteiger partial charge < -0.3 is 9.84 Å². The molecule has 1 aromatic rings. The summed E-state index contributed by atoms with van der Waals surface area (Å²) in [5, 5.41) is 10.4. The summed E-state index contributed by atoms with van der Waals surface area (Å²) >= 11 is 0. The van der Waals surface area contributed by atoms with Crippen molar-refractivity contribution in [1.82, 2.24) is 0 Å². The quantitative estimate of drug-likeness (QED) is 0.562. The number of ether oxygens (including phenoxy) is 1. The van der Waals surface area contributed by atoms with Gasteiger partial charge >= 0.3 is 0 Å². The number of aliphatic hydroxyl groups is 1. The normalized spacial score (nSPS) is 27.5. The van der Waals surface area contributed by atoms with Gasteiger partial charge in [-0.25, -0.2) is 0 Å². The second-order valence-corrected chi connectivity index (χ2v) is 8.38. The second kappa shape index (κ2) is 9.62. The Morgan fingerprint density at radius 3 is 2.76 bits per heavy atom. The number of unbranched alkanes of at least 4 members (excludes halogenated alkanes) is 2. The Bertz CT molecular complexity index is 513. The van der Waals surface area contributed by atoms with E-state index in [1.165, 1.54) is 57.8 Å². The highest BCUT2D eigenvalue weighted by atomic mass is 16.5. The van der Waals surface area contributed by atoms with Crippen LogP contribution >= 0.6 is 0 Å². The van der Waals surface area contributed by atoms with Crippen LogP contribution in [0.25, 0.3) is 0 Å². The Morgan fingerprint density at radius 2 is 1.92 bits per heavy atom. The maximum absolute atomic E-state index is 10.4. The van der Waals surface area contributed by atoms with Crippen LogP contribution in [0.2, 0.25) is 0 Å². The van der Waals surface area contributed by atoms with Gasteiger partial charge in [-0.1, -0.05) is 64.0 Å². The van der Waals surface area contributed by atoms with Crippen LogP contribution in [-0.4, -0.2) is 11.7 Å². The molecular weight excluding hydrogens is 308 g/mol. The maximum atomic E-state index is 10.4. The van der Waals surface area contributed by atoms with Crippen molar-refractivity contribution in [2.75, 3.05) is 6.61 Å². The molecule has 4 atom stereocenters. The average molecular weight is 345 g/mol. The lowest BCUT2D eigenvalue weighted by Crippen LogP contribution is -2.30. The molecule has 140 valence electrons. The average Bonchev–Trinajstić information content (AvgIpc) is 2.66. The number of hydrogen-bond donors (Lipinski definition) is 1. The Labute approximate surface area is 154 Å². The highest BCUT2D eigenvalue weighted by Gasteiger charge is 2.32. The summed E-state index contributed by atoms with van der Waals surface area (Å²) in [5.74, 6) is 3.62. The van der Waals surface area contributed by atoms with E-state index in [0.717, 1.165) is 48.5 Å². The molecule has 1 N–H and O–H groups in total. The Balaban J connectivity index is 1.47. The van der Waals surface area contributed by atoms with Crippen molar-refractivity contribution in [2.24, 2.45) is 17.8 Å². The van der Waals surface area contributed by atoms with E-state index in [1.807, 2.05) is 24.3 Å². The van der Waals surface area contributed by atoms with Gasteiger partial charge in [0.1, 0.15) is 5.75 Å². The molecule has 2 fully saturated rings. The van der Waals surface area contributed by atoms with E-state index in [9.17, 15) is 5.11 Å². The fraction of sp³-hybridized carbons (Fsp3) is 0.739. The van der Waals surface area contributed by atoms with Crippen molar-refractivity contribution in [3.05, 3.63) is 29.8 Å². The first kappa shape index (κ1) is 18.8. The van der Waals surface area contributed by atoms with Crippen molar-refractivity contribution in [3.63, 3.8) is 0 Å². The molecule has 25 heavy (non-hydrogen) atoms. The highest BCUT2D eigenvalue weighted by molar-refractivity contribution is 5.29. The van der Waals surface area contributed by atoms with Crippen LogP contribution in [0.1, 0.15) is 89.2 Å². The molecule has 2 nitrogen and oxygen atoms in total. The highest BCUT2D eigenvalue weighted by Crippen LogP contribution is 2.42. The molecule has 2 saturated carbocycles. The number of fused-ring (bicyclic) bond motifs is 1. The zero-order chi connectivity index (χ0) is 17.5. The van der Waals surface area contributed by atoms with E-state index < -0.39 is 0 Å². The van der Waals surface area contributed by atoms with E-state index in [-0.39, 0.29) is 6.10 Å². The largest absolute Gasteiger partial charge is 0.493 e. The van der Waals surface area contributed by atoms with E-state index in [1.54, 1.807) is 0 Å². The van der Waals surface area contributed by atoms with Gasteiger partial charge in [0.25, 0.3) is 0 Å². The molecular formula is C23H36O2. The molecule has 0 radical (unpaired) electrons. The minimum atomic E-state index is -0.354. The summed E-state index contributed by atoms with van der Waals surface area (Å²) in [6, 6.07) is 8.12. The molecule has 2 heteroatoms. The van der Waals surface area contributed by atoms with Gasteiger partial charge in [-0.3, -0.25) is 0 Å². The molecule has 0 aromatic heterocycles. The summed E-state index contributed by atoms with van der Waals surface area (Å²) in [6.45, 7) is 3.04. The van der Waals surface area contributed by atoms with Gasteiger partial charge in [0.2, 0.25) is 0 Å². The summed E-state index contributed by atoms with van der Waals surface area (Å²) in [4.78, 5) is 0. The van der Waals surface area contributed by atoms with E-state index in [0.29, 0.717) is 0 Å². The van der Waals surface area contributed by atoms with Gasteiger partial charge in [-0.2, -0.15) is 0 Å². The Kier molecular flexibility index (Phi) is 7.22. The van der Waals surface area contributed by atoms with Crippen LogP contribution in [0, 0.1) is 17.8 Å². The monoisotopic (exact) mass is 344 g/mol. The van der Waals surface area contributed by atoms with E-state index in [4.69, 9.17) is 4.74 Å². The number of aliphatic hydroxyl groups excluding tert-OH is 1. The molecule has 0 heterocycles. The molecule has 0 aliphatic heterocycles. The van der Waals surface area contributed by atoms with Crippen LogP contribution in [-0.2, 0) is 0 Å². The minimum Gasteiger partial charge on any atom is -0.493 e. The SMILES string of the molecule is CCCCCC(O)c1cccc(OCC2CCC3CCCCC3C2)c1. The van der Waals surface area contributed by atoms with Crippen molar-refractivity contribution >= 4 is 0 Å². The van der Waals surface area contributed by atoms with E-state index in [2.05, 4.69) is 6.92 Å². The third-order valence-electron chi connectivity index (χ3n) is 6.46. The zero-order valence-electron chi connectivity index (χ0n) is 16.0. The molecule has 0 amide bonds. The first-order valence-electron chi connectivity index (χ1n) is 10.7. The molecule has 0 saturated heterocycles. The van der Waals surface area contributed by atoms with Gasteiger partial charge in [0.05, 0.1) is 12.7 Å². The van der Waals surface area contributed by atoms with Crippen LogP contribution < -0.4 is 4.74 Å². The van der Waals surface area contributed by atoms with Crippen molar-refractivity contribution in [1.29, 1.82) is 0 Å². The van der Waals surface area contributed by atoms with Crippen molar-refractivity contribution in [2.45, 2.75) is 83.7 Å². The van der Waals surface area contributed by atoms with Crippen LogP contribution in [0.15, 0.2) is 24.3 Å². The summed E-state index contributed by atoms with van der Waals surface area (Å²) < 4.78 is 6.13. The van der Waals surface area contributed by atoms with Crippen LogP contribution in [0.5, 0.6) is 5.75 Å². The second-order valence-electron chi connectivity index (χ2n) is 8.38. The standard InChI is InChI=1S/C23H36O2/c1-2-3-4-12-23(24)21-10-7-11-22(16-21)25-17-18-13-14-19-8-5-6-9-20(19)15-18/h7,10-11,16,18-20,23-24H,2-6,8-9,12-15,17H2,1H3. The fourth-order valence-electron chi connectivity index (χ4n) is 4.90. The molecule has 2 aliphatic rings. The predicted molar refractivity (Wildman–Crippen MR) is 104 cm³/mol. The predicted octanol–water partition coefficient (Wildman–Crippen LogP) is 6.29. The number of benzene rings is 1. The summed E-state index contributed by atoms with van der Waals surface area (Å²) in [7, 11) is 0. The third-order valence-corrected chi connectivity index (χ3v) is 6.46. The number of hydrogen-bond acceptors (Lipinski definition) is 2. The van der Waals surface area contributed by atoms with Crippen LogP contribution in [0.4, 0.5) is 0 Å². The lowest BCUT2D eigenvalue weighted by molar-refractivity contribution is 0.0994. The molecule has 4 unspecified atom stereocenters. The summed E-state index contributed by atoms with van der Waals surface area (Å²) in [5.41, 5.74) is 1.00. The molecule has 3 rings (SSSR count). The third kappa shape index (κ3) is 5.48. The molecule has 0 bridgehead atoms. The van der Waals surface area contributed by atoms with Gasteiger partial charge in [0, 0.05) is 0 Å². The Morgan fingerprint density at radius 1 is 1.08 bits per heavy atom. The first-order chi connectivity index (χ1) is 12.3. The molecule has 1 aromatic carbocycles. The van der Waals surface area contributed by atoms with Gasteiger partial charge in [0.15, 0.2) is 0 Å². The lowest BCUT2D eigenvalue weighted by atomic mass is 9.68. The topological polar surface area (TPSA) is 29.5 Å². The first-order valence-corrected chi connectivity index (χ1v) is 10.7. The Hall–Kier alpha value is -1.02. The van der Waals surface area contributed by atoms with Crippen LogP contribution in [0.3, 0.4) is 0 Å². The van der Waals surface area contributed by atoms with E-state index >= 15 is 0 Å². The number of rotatable bonds is 8. The maximum Gasteiger partial charge on any atom is 0.119 e. The zero-order valence-corrected chi connectivity index (χ0v) is 16.0. The fourth-order valence-corrected chi connectivity index (χ4v) is 4.90. The molecule has 2 aliphatic carbocycles. The molecule has 0 spiro atoms. The lowest BCUT2D eigenvalue weighted by Gasteiger charge is -2.39. The smallest absolute Gasteiger partial charge is 0.119 e. The van der Waals surface area contributed by atoms with Gasteiger partial charge in [-0.05, 0) is 61.1 Å². The van der Waals surface area contributed by atoms with Crippen molar-refractivity contribution < 1.29 is 9.84 Å². The van der Waals surface area contributed by atoms with Crippen molar-refractivity contribution in [3.8, 4) is 5.75 Å². The minimum absolute atomic E-state index is 0.354.